The fraction of sp³-hybridized carbons (Fsp3) is 0.176. The van der Waals surface area contributed by atoms with Crippen molar-refractivity contribution in [3.8, 4) is 0 Å². The largest absolute Gasteiger partial charge is 0.342 e. The molecule has 0 bridgehead atoms. The van der Waals surface area contributed by atoms with E-state index in [4.69, 9.17) is 0 Å². The maximum Gasteiger partial charge on any atom is 0.319 e. The number of H-pyrrole nitrogens is 1. The van der Waals surface area contributed by atoms with Gasteiger partial charge in [-0.1, -0.05) is 24.3 Å². The van der Waals surface area contributed by atoms with Crippen LogP contribution in [0, 0.1) is 6.92 Å². The molecule has 0 fully saturated rings. The number of urea groups is 1. The number of benzene rings is 2. The Morgan fingerprint density at radius 2 is 2.00 bits per heavy atom. The summed E-state index contributed by atoms with van der Waals surface area (Å²) in [6.45, 7) is 2.52. The summed E-state index contributed by atoms with van der Waals surface area (Å²) < 4.78 is 0. The first-order chi connectivity index (χ1) is 10.7. The van der Waals surface area contributed by atoms with Gasteiger partial charge in [0.25, 0.3) is 0 Å². The van der Waals surface area contributed by atoms with E-state index in [2.05, 4.69) is 26.7 Å². The minimum Gasteiger partial charge on any atom is -0.342 e. The number of hydrogen-bond donors (Lipinski definition) is 3. The lowest BCUT2D eigenvalue weighted by Crippen LogP contribution is -2.30. The molecule has 3 aromatic rings. The second-order valence-corrected chi connectivity index (χ2v) is 5.17. The van der Waals surface area contributed by atoms with Gasteiger partial charge in [0, 0.05) is 12.2 Å². The number of amides is 2. The molecule has 0 atom stereocenters. The Morgan fingerprint density at radius 1 is 1.18 bits per heavy atom. The number of nitrogens with one attached hydrogen (secondary N) is 3. The summed E-state index contributed by atoms with van der Waals surface area (Å²) in [5.74, 6) is 0.910. The minimum absolute atomic E-state index is 0.190. The Hall–Kier alpha value is -2.82. The summed E-state index contributed by atoms with van der Waals surface area (Å²) in [5.41, 5.74) is 3.95. The molecule has 1 heterocycles. The predicted octanol–water partition coefficient (Wildman–Crippen LogP) is 3.24. The quantitative estimate of drug-likeness (QED) is 0.691. The number of para-hydroxylation sites is 1. The van der Waals surface area contributed by atoms with Crippen LogP contribution >= 0.6 is 0 Å². The average Bonchev–Trinajstić information content (AvgIpc) is 2.87. The molecule has 0 radical (unpaired) electrons. The van der Waals surface area contributed by atoms with Crippen molar-refractivity contribution < 1.29 is 4.79 Å². The van der Waals surface area contributed by atoms with Gasteiger partial charge in [0.15, 0.2) is 0 Å². The van der Waals surface area contributed by atoms with Gasteiger partial charge in [0.05, 0.1) is 11.0 Å². The third-order valence-electron chi connectivity index (χ3n) is 3.40. The van der Waals surface area contributed by atoms with E-state index in [0.29, 0.717) is 6.54 Å². The summed E-state index contributed by atoms with van der Waals surface area (Å²) in [7, 11) is 0. The van der Waals surface area contributed by atoms with Crippen molar-refractivity contribution in [2.75, 3.05) is 11.9 Å². The second kappa shape index (κ2) is 6.30. The lowest BCUT2D eigenvalue weighted by Gasteiger charge is -2.07. The summed E-state index contributed by atoms with van der Waals surface area (Å²) in [6.07, 6.45) is 0.774. The standard InChI is InChI=1S/C17H18N4O/c1-12-19-15-8-7-13(11-16(15)20-12)9-10-18-17(22)21-14-5-3-2-4-6-14/h2-8,11H,9-10H2,1H3,(H,19,20)(H2,18,21,22). The first-order valence-electron chi connectivity index (χ1n) is 7.26. The molecule has 0 aliphatic carbocycles. The maximum atomic E-state index is 11.8. The number of rotatable bonds is 4. The van der Waals surface area contributed by atoms with E-state index in [1.165, 1.54) is 0 Å². The number of aryl methyl sites for hydroxylation is 1. The van der Waals surface area contributed by atoms with Crippen LogP contribution in [0.25, 0.3) is 11.0 Å². The van der Waals surface area contributed by atoms with Crippen molar-refractivity contribution in [2.45, 2.75) is 13.3 Å². The van der Waals surface area contributed by atoms with Crippen molar-refractivity contribution in [3.63, 3.8) is 0 Å². The Kier molecular flexibility index (Phi) is 4.05. The van der Waals surface area contributed by atoms with Gasteiger partial charge in [-0.15, -0.1) is 0 Å². The van der Waals surface area contributed by atoms with Gasteiger partial charge in [-0.3, -0.25) is 0 Å². The number of imidazole rings is 1. The summed E-state index contributed by atoms with van der Waals surface area (Å²) in [4.78, 5) is 19.4. The molecule has 22 heavy (non-hydrogen) atoms. The van der Waals surface area contributed by atoms with E-state index in [9.17, 15) is 4.79 Å². The third kappa shape index (κ3) is 3.44. The summed E-state index contributed by atoms with van der Waals surface area (Å²) in [5, 5.41) is 5.65. The molecule has 2 aromatic carbocycles. The minimum atomic E-state index is -0.190. The van der Waals surface area contributed by atoms with Crippen LogP contribution in [0.1, 0.15) is 11.4 Å². The van der Waals surface area contributed by atoms with E-state index in [-0.39, 0.29) is 6.03 Å². The molecule has 112 valence electrons. The molecule has 0 unspecified atom stereocenters. The molecule has 0 spiro atoms. The Labute approximate surface area is 128 Å². The van der Waals surface area contributed by atoms with Crippen molar-refractivity contribution >= 4 is 22.8 Å². The summed E-state index contributed by atoms with van der Waals surface area (Å²) >= 11 is 0. The van der Waals surface area contributed by atoms with E-state index in [1.54, 1.807) is 0 Å². The van der Waals surface area contributed by atoms with Gasteiger partial charge >= 0.3 is 6.03 Å². The molecule has 3 rings (SSSR count). The molecule has 5 nitrogen and oxygen atoms in total. The van der Waals surface area contributed by atoms with Crippen molar-refractivity contribution in [1.29, 1.82) is 0 Å². The molecule has 5 heteroatoms. The molecule has 0 aliphatic rings. The molecule has 0 aliphatic heterocycles. The SMILES string of the molecule is Cc1nc2ccc(CCNC(=O)Nc3ccccc3)cc2[nH]1. The highest BCUT2D eigenvalue weighted by atomic mass is 16.2. The smallest absolute Gasteiger partial charge is 0.319 e. The number of carbonyl (C=O) groups excluding carboxylic acids is 1. The highest BCUT2D eigenvalue weighted by Crippen LogP contribution is 2.13. The second-order valence-electron chi connectivity index (χ2n) is 5.17. The van der Waals surface area contributed by atoms with E-state index in [0.717, 1.165) is 34.5 Å². The molecule has 0 saturated heterocycles. The zero-order valence-corrected chi connectivity index (χ0v) is 12.4. The van der Waals surface area contributed by atoms with Gasteiger partial charge in [-0.2, -0.15) is 0 Å². The predicted molar refractivity (Wildman–Crippen MR) is 88.0 cm³/mol. The average molecular weight is 294 g/mol. The highest BCUT2D eigenvalue weighted by molar-refractivity contribution is 5.89. The molecule has 2 amide bonds. The normalized spacial score (nSPS) is 10.6. The van der Waals surface area contributed by atoms with E-state index in [1.807, 2.05) is 49.4 Å². The highest BCUT2D eigenvalue weighted by Gasteiger charge is 2.03. The van der Waals surface area contributed by atoms with Crippen molar-refractivity contribution in [3.05, 3.63) is 59.9 Å². The number of anilines is 1. The molecular formula is C17H18N4O. The number of aromatic amines is 1. The van der Waals surface area contributed by atoms with Crippen LogP contribution in [0.5, 0.6) is 0 Å². The number of aromatic nitrogens is 2. The van der Waals surface area contributed by atoms with Crippen LogP contribution in [-0.4, -0.2) is 22.5 Å². The van der Waals surface area contributed by atoms with E-state index < -0.39 is 0 Å². The number of hydrogen-bond acceptors (Lipinski definition) is 2. The van der Waals surface area contributed by atoms with Gasteiger partial charge in [-0.05, 0) is 43.2 Å². The monoisotopic (exact) mass is 294 g/mol. The van der Waals surface area contributed by atoms with Crippen LogP contribution in [-0.2, 0) is 6.42 Å². The van der Waals surface area contributed by atoms with Crippen LogP contribution in [0.15, 0.2) is 48.5 Å². The topological polar surface area (TPSA) is 69.8 Å². The van der Waals surface area contributed by atoms with Gasteiger partial charge < -0.3 is 15.6 Å². The lowest BCUT2D eigenvalue weighted by atomic mass is 10.1. The number of fused-ring (bicyclic) bond motifs is 1. The zero-order chi connectivity index (χ0) is 15.4. The first kappa shape index (κ1) is 14.1. The van der Waals surface area contributed by atoms with Crippen molar-refractivity contribution in [2.24, 2.45) is 0 Å². The van der Waals surface area contributed by atoms with Crippen molar-refractivity contribution in [1.82, 2.24) is 15.3 Å². The molecular weight excluding hydrogens is 276 g/mol. The molecule has 1 aromatic heterocycles. The maximum absolute atomic E-state index is 11.8. The van der Waals surface area contributed by atoms with Gasteiger partial charge in [0.2, 0.25) is 0 Å². The van der Waals surface area contributed by atoms with Gasteiger partial charge in [0.1, 0.15) is 5.82 Å². The Bertz CT molecular complexity index is 780. The van der Waals surface area contributed by atoms with E-state index >= 15 is 0 Å². The van der Waals surface area contributed by atoms with Crippen LogP contribution in [0.2, 0.25) is 0 Å². The third-order valence-corrected chi connectivity index (χ3v) is 3.40. The lowest BCUT2D eigenvalue weighted by molar-refractivity contribution is 0.252. The zero-order valence-electron chi connectivity index (χ0n) is 12.4. The van der Waals surface area contributed by atoms with Crippen LogP contribution in [0.4, 0.5) is 10.5 Å². The molecule has 3 N–H and O–H groups in total. The number of carbonyl (C=O) groups is 1. The summed E-state index contributed by atoms with van der Waals surface area (Å²) in [6, 6.07) is 15.3. The van der Waals surface area contributed by atoms with Gasteiger partial charge in [-0.25, -0.2) is 9.78 Å². The number of nitrogens with zero attached hydrogens (tertiary/aromatic N) is 1. The molecule has 0 saturated carbocycles. The van der Waals surface area contributed by atoms with Crippen LogP contribution < -0.4 is 10.6 Å². The fourth-order valence-electron chi connectivity index (χ4n) is 2.36. The fourth-order valence-corrected chi connectivity index (χ4v) is 2.36. The Morgan fingerprint density at radius 3 is 2.82 bits per heavy atom. The first-order valence-corrected chi connectivity index (χ1v) is 7.26. The Balaban J connectivity index is 1.52. The van der Waals surface area contributed by atoms with Crippen LogP contribution in [0.3, 0.4) is 0 Å².